The van der Waals surface area contributed by atoms with E-state index in [-0.39, 0.29) is 0 Å². The van der Waals surface area contributed by atoms with E-state index < -0.39 is 0 Å². The lowest BCUT2D eigenvalue weighted by molar-refractivity contribution is 0.106. The smallest absolute Gasteiger partial charge is 0.0321 e. The highest BCUT2D eigenvalue weighted by Gasteiger charge is 2.21. The van der Waals surface area contributed by atoms with Crippen molar-refractivity contribution in [3.05, 3.63) is 34.3 Å². The van der Waals surface area contributed by atoms with Crippen LogP contribution in [0.4, 0.5) is 0 Å². The molecule has 0 bridgehead atoms. The summed E-state index contributed by atoms with van der Waals surface area (Å²) in [5.41, 5.74) is 1.41. The monoisotopic (exact) mass is 296 g/mol. The zero-order valence-electron chi connectivity index (χ0n) is 10.7. The summed E-state index contributed by atoms with van der Waals surface area (Å²) in [7, 11) is 0. The van der Waals surface area contributed by atoms with E-state index in [9.17, 15) is 0 Å². The molecule has 0 saturated carbocycles. The molecule has 1 aromatic rings. The summed E-state index contributed by atoms with van der Waals surface area (Å²) in [5, 5.41) is 0. The van der Waals surface area contributed by atoms with E-state index in [0.717, 1.165) is 0 Å². The van der Waals surface area contributed by atoms with Crippen molar-refractivity contribution < 1.29 is 0 Å². The predicted molar refractivity (Wildman–Crippen MR) is 76.2 cm³/mol. The molecule has 0 aliphatic carbocycles. The molecule has 2 rings (SSSR count). The molecule has 1 aliphatic heterocycles. The third kappa shape index (κ3) is 3.30. The summed E-state index contributed by atoms with van der Waals surface area (Å²) >= 11 is 3.55. The van der Waals surface area contributed by atoms with Gasteiger partial charge in [0.05, 0.1) is 0 Å². The Bertz CT molecular complexity index is 359. The van der Waals surface area contributed by atoms with Crippen molar-refractivity contribution in [2.24, 2.45) is 0 Å². The maximum absolute atomic E-state index is 3.55. The van der Waals surface area contributed by atoms with Gasteiger partial charge in [0.1, 0.15) is 0 Å². The Morgan fingerprint density at radius 1 is 1.24 bits per heavy atom. The van der Waals surface area contributed by atoms with Crippen LogP contribution in [0.2, 0.25) is 0 Å². The van der Waals surface area contributed by atoms with E-state index in [1.807, 2.05) is 0 Å². The van der Waals surface area contributed by atoms with Crippen LogP contribution in [-0.2, 0) is 0 Å². The van der Waals surface area contributed by atoms with Crippen LogP contribution < -0.4 is 0 Å². The Morgan fingerprint density at radius 2 is 1.94 bits per heavy atom. The molecule has 0 unspecified atom stereocenters. The van der Waals surface area contributed by atoms with Gasteiger partial charge in [-0.3, -0.25) is 4.90 Å². The van der Waals surface area contributed by atoms with Crippen molar-refractivity contribution in [1.29, 1.82) is 0 Å². The number of rotatable bonds is 3. The maximum Gasteiger partial charge on any atom is 0.0321 e. The van der Waals surface area contributed by atoms with Gasteiger partial charge in [-0.05, 0) is 31.2 Å². The zero-order valence-corrected chi connectivity index (χ0v) is 12.3. The van der Waals surface area contributed by atoms with Crippen LogP contribution in [0.1, 0.15) is 25.5 Å². The summed E-state index contributed by atoms with van der Waals surface area (Å²) in [5.74, 6) is 0. The lowest BCUT2D eigenvalue weighted by Crippen LogP contribution is -2.46. The molecule has 0 amide bonds. The van der Waals surface area contributed by atoms with Crippen LogP contribution in [0.5, 0.6) is 0 Å². The van der Waals surface area contributed by atoms with Crippen LogP contribution in [0, 0.1) is 0 Å². The molecule has 1 saturated heterocycles. The molecule has 1 fully saturated rings. The predicted octanol–water partition coefficient (Wildman–Crippen LogP) is 3.15. The highest BCUT2D eigenvalue weighted by Crippen LogP contribution is 2.24. The average molecular weight is 297 g/mol. The normalized spacial score (nSPS) is 20.4. The molecule has 0 radical (unpaired) electrons. The van der Waals surface area contributed by atoms with Gasteiger partial charge in [0.15, 0.2) is 0 Å². The molecule has 1 heterocycles. The number of likely N-dealkylation sites (N-methyl/N-ethyl adjacent to an activating group) is 1. The largest absolute Gasteiger partial charge is 0.301 e. The number of nitrogens with zero attached hydrogens (tertiary/aromatic N) is 2. The van der Waals surface area contributed by atoms with E-state index >= 15 is 0 Å². The molecule has 1 aliphatic rings. The topological polar surface area (TPSA) is 6.48 Å². The number of benzene rings is 1. The first-order chi connectivity index (χ1) is 8.20. The third-order valence-electron chi connectivity index (χ3n) is 3.73. The summed E-state index contributed by atoms with van der Waals surface area (Å²) in [6, 6.07) is 9.19. The van der Waals surface area contributed by atoms with Gasteiger partial charge >= 0.3 is 0 Å². The number of halogens is 1. The maximum atomic E-state index is 3.55. The van der Waals surface area contributed by atoms with Gasteiger partial charge in [0.2, 0.25) is 0 Å². The Balaban J connectivity index is 1.99. The van der Waals surface area contributed by atoms with Crippen LogP contribution >= 0.6 is 15.9 Å². The molecule has 17 heavy (non-hydrogen) atoms. The lowest BCUT2D eigenvalue weighted by atomic mass is 10.1. The molecule has 2 nitrogen and oxygen atoms in total. The van der Waals surface area contributed by atoms with Crippen molar-refractivity contribution in [3.8, 4) is 0 Å². The zero-order chi connectivity index (χ0) is 12.3. The standard InChI is InChI=1S/C14H21BrN2/c1-3-16-7-9-17(10-8-16)12(2)13-5-4-6-14(15)11-13/h4-6,11-12H,3,7-10H2,1-2H3/t12-/m1/s1. The van der Waals surface area contributed by atoms with E-state index in [0.29, 0.717) is 6.04 Å². The van der Waals surface area contributed by atoms with Crippen molar-refractivity contribution in [2.45, 2.75) is 19.9 Å². The fourth-order valence-corrected chi connectivity index (χ4v) is 2.86. The van der Waals surface area contributed by atoms with Gasteiger partial charge < -0.3 is 4.90 Å². The number of hydrogen-bond donors (Lipinski definition) is 0. The van der Waals surface area contributed by atoms with Gasteiger partial charge in [0, 0.05) is 36.7 Å². The summed E-state index contributed by atoms with van der Waals surface area (Å²) in [6.07, 6.45) is 0. The van der Waals surface area contributed by atoms with Crippen molar-refractivity contribution >= 4 is 15.9 Å². The molecule has 1 aromatic carbocycles. The quantitative estimate of drug-likeness (QED) is 0.845. The van der Waals surface area contributed by atoms with E-state index in [2.05, 4.69) is 63.8 Å². The minimum absolute atomic E-state index is 0.520. The van der Waals surface area contributed by atoms with Gasteiger partial charge in [-0.2, -0.15) is 0 Å². The second kappa shape index (κ2) is 5.98. The second-order valence-corrected chi connectivity index (χ2v) is 5.62. The number of piperazine rings is 1. The van der Waals surface area contributed by atoms with E-state index in [4.69, 9.17) is 0 Å². The summed E-state index contributed by atoms with van der Waals surface area (Å²) < 4.78 is 1.18. The SMILES string of the molecule is CCN1CCN([C@H](C)c2cccc(Br)c2)CC1. The summed E-state index contributed by atoms with van der Waals surface area (Å²) in [4.78, 5) is 5.10. The second-order valence-electron chi connectivity index (χ2n) is 4.70. The first kappa shape index (κ1) is 13.1. The molecule has 94 valence electrons. The Hall–Kier alpha value is -0.380. The van der Waals surface area contributed by atoms with Gasteiger partial charge in [-0.1, -0.05) is 35.0 Å². The van der Waals surface area contributed by atoms with Crippen LogP contribution in [0.25, 0.3) is 0 Å². The first-order valence-corrected chi connectivity index (χ1v) is 7.22. The van der Waals surface area contributed by atoms with Gasteiger partial charge in [0.25, 0.3) is 0 Å². The highest BCUT2D eigenvalue weighted by molar-refractivity contribution is 9.10. The average Bonchev–Trinajstić information content (AvgIpc) is 2.38. The van der Waals surface area contributed by atoms with Crippen molar-refractivity contribution in [3.63, 3.8) is 0 Å². The molecule has 0 spiro atoms. The van der Waals surface area contributed by atoms with Gasteiger partial charge in [-0.25, -0.2) is 0 Å². The number of hydrogen-bond acceptors (Lipinski definition) is 2. The van der Waals surface area contributed by atoms with Crippen LogP contribution in [0.15, 0.2) is 28.7 Å². The molecular formula is C14H21BrN2. The molecule has 0 N–H and O–H groups in total. The Morgan fingerprint density at radius 3 is 2.53 bits per heavy atom. The first-order valence-electron chi connectivity index (χ1n) is 6.42. The van der Waals surface area contributed by atoms with Crippen molar-refractivity contribution in [2.75, 3.05) is 32.7 Å². The highest BCUT2D eigenvalue weighted by atomic mass is 79.9. The fourth-order valence-electron chi connectivity index (χ4n) is 2.44. The Kier molecular flexibility index (Phi) is 4.60. The van der Waals surface area contributed by atoms with Crippen molar-refractivity contribution in [1.82, 2.24) is 9.80 Å². The third-order valence-corrected chi connectivity index (χ3v) is 4.23. The minimum Gasteiger partial charge on any atom is -0.301 e. The molecule has 0 aromatic heterocycles. The molecule has 1 atom stereocenters. The van der Waals surface area contributed by atoms with Crippen LogP contribution in [-0.4, -0.2) is 42.5 Å². The summed E-state index contributed by atoms with van der Waals surface area (Å²) in [6.45, 7) is 10.5. The van der Waals surface area contributed by atoms with E-state index in [1.165, 1.54) is 42.8 Å². The molecule has 3 heteroatoms. The van der Waals surface area contributed by atoms with Crippen LogP contribution in [0.3, 0.4) is 0 Å². The minimum atomic E-state index is 0.520. The van der Waals surface area contributed by atoms with Gasteiger partial charge in [-0.15, -0.1) is 0 Å². The molecular weight excluding hydrogens is 276 g/mol. The Labute approximate surface area is 113 Å². The lowest BCUT2D eigenvalue weighted by Gasteiger charge is -2.37. The van der Waals surface area contributed by atoms with E-state index in [1.54, 1.807) is 0 Å². The fraction of sp³-hybridized carbons (Fsp3) is 0.571.